The molecule has 5 nitrogen and oxygen atoms in total. The third-order valence-corrected chi connectivity index (χ3v) is 6.34. The lowest BCUT2D eigenvalue weighted by Gasteiger charge is -2.28. The summed E-state index contributed by atoms with van der Waals surface area (Å²) in [6.45, 7) is 5.73. The SMILES string of the molecule is CC(C)N(Cc1ccccc1)C(=O)c1cnc(N2Cc3ccccc3C2)nc1-c1ccccc1F. The first-order chi connectivity index (χ1) is 17.0. The van der Waals surface area contributed by atoms with Gasteiger partial charge < -0.3 is 9.80 Å². The number of nitrogens with zero attached hydrogens (tertiary/aromatic N) is 4. The van der Waals surface area contributed by atoms with Crippen LogP contribution in [0.1, 0.15) is 40.9 Å². The third-order valence-electron chi connectivity index (χ3n) is 6.34. The predicted octanol–water partition coefficient (Wildman–Crippen LogP) is 5.85. The molecule has 5 rings (SSSR count). The fourth-order valence-electron chi connectivity index (χ4n) is 4.44. The van der Waals surface area contributed by atoms with Crippen molar-refractivity contribution in [1.29, 1.82) is 0 Å². The highest BCUT2D eigenvalue weighted by Crippen LogP contribution is 2.31. The minimum absolute atomic E-state index is 0.0658. The van der Waals surface area contributed by atoms with Crippen molar-refractivity contribution in [3.05, 3.63) is 113 Å². The number of hydrogen-bond donors (Lipinski definition) is 0. The number of benzene rings is 3. The highest BCUT2D eigenvalue weighted by atomic mass is 19.1. The van der Waals surface area contributed by atoms with Crippen LogP contribution in [-0.2, 0) is 19.6 Å². The van der Waals surface area contributed by atoms with E-state index in [9.17, 15) is 9.18 Å². The van der Waals surface area contributed by atoms with E-state index < -0.39 is 5.82 Å². The summed E-state index contributed by atoms with van der Waals surface area (Å²) < 4.78 is 15.0. The first-order valence-corrected chi connectivity index (χ1v) is 11.8. The third kappa shape index (κ3) is 4.64. The molecule has 3 aromatic carbocycles. The van der Waals surface area contributed by atoms with Crippen molar-refractivity contribution >= 4 is 11.9 Å². The van der Waals surface area contributed by atoms with Crippen LogP contribution in [0.5, 0.6) is 0 Å². The minimum Gasteiger partial charge on any atom is -0.332 e. The Labute approximate surface area is 204 Å². The van der Waals surface area contributed by atoms with Gasteiger partial charge in [0.15, 0.2) is 0 Å². The molecule has 176 valence electrons. The van der Waals surface area contributed by atoms with E-state index in [1.54, 1.807) is 29.3 Å². The zero-order valence-corrected chi connectivity index (χ0v) is 19.9. The molecule has 4 aromatic rings. The molecule has 1 aromatic heterocycles. The van der Waals surface area contributed by atoms with Crippen LogP contribution in [0.25, 0.3) is 11.3 Å². The van der Waals surface area contributed by atoms with Crippen LogP contribution in [0.3, 0.4) is 0 Å². The lowest BCUT2D eigenvalue weighted by Crippen LogP contribution is -2.37. The molecule has 0 radical (unpaired) electrons. The van der Waals surface area contributed by atoms with Gasteiger partial charge in [0.1, 0.15) is 5.82 Å². The minimum atomic E-state index is -0.421. The summed E-state index contributed by atoms with van der Waals surface area (Å²) in [5.41, 5.74) is 4.36. The van der Waals surface area contributed by atoms with Crippen molar-refractivity contribution in [2.24, 2.45) is 0 Å². The Morgan fingerprint density at radius 1 is 0.943 bits per heavy atom. The number of anilines is 1. The molecule has 0 spiro atoms. The number of hydrogen-bond acceptors (Lipinski definition) is 4. The van der Waals surface area contributed by atoms with Gasteiger partial charge in [-0.15, -0.1) is 0 Å². The normalized spacial score (nSPS) is 12.6. The van der Waals surface area contributed by atoms with Gasteiger partial charge in [0.05, 0.1) is 11.3 Å². The first-order valence-electron chi connectivity index (χ1n) is 11.8. The number of fused-ring (bicyclic) bond motifs is 1. The van der Waals surface area contributed by atoms with Crippen LogP contribution in [0.15, 0.2) is 85.1 Å². The summed E-state index contributed by atoms with van der Waals surface area (Å²) in [7, 11) is 0. The smallest absolute Gasteiger partial charge is 0.258 e. The molecule has 0 aliphatic carbocycles. The maximum absolute atomic E-state index is 15.0. The van der Waals surface area contributed by atoms with Crippen LogP contribution in [0.2, 0.25) is 0 Å². The summed E-state index contributed by atoms with van der Waals surface area (Å²) in [6, 6.07) is 24.4. The molecule has 0 saturated heterocycles. The average molecular weight is 467 g/mol. The number of aromatic nitrogens is 2. The van der Waals surface area contributed by atoms with Gasteiger partial charge in [-0.25, -0.2) is 14.4 Å². The summed E-state index contributed by atoms with van der Waals surface area (Å²) in [6.07, 6.45) is 1.55. The Morgan fingerprint density at radius 2 is 1.57 bits per heavy atom. The van der Waals surface area contributed by atoms with Gasteiger partial charge in [0.25, 0.3) is 5.91 Å². The molecular formula is C29H27FN4O. The zero-order valence-electron chi connectivity index (χ0n) is 19.9. The van der Waals surface area contributed by atoms with Crippen LogP contribution in [-0.4, -0.2) is 26.8 Å². The molecule has 6 heteroatoms. The molecule has 0 saturated carbocycles. The van der Waals surface area contributed by atoms with Gasteiger partial charge in [0, 0.05) is 37.4 Å². The number of rotatable bonds is 6. The van der Waals surface area contributed by atoms with Crippen LogP contribution in [0.4, 0.5) is 10.3 Å². The molecular weight excluding hydrogens is 439 g/mol. The zero-order chi connectivity index (χ0) is 24.4. The molecule has 0 N–H and O–H groups in total. The van der Waals surface area contributed by atoms with Crippen molar-refractivity contribution in [2.45, 2.75) is 39.5 Å². The molecule has 1 amide bonds. The van der Waals surface area contributed by atoms with E-state index in [1.165, 1.54) is 17.2 Å². The lowest BCUT2D eigenvalue weighted by molar-refractivity contribution is 0.0690. The van der Waals surface area contributed by atoms with E-state index in [0.717, 1.165) is 5.56 Å². The second kappa shape index (κ2) is 9.66. The number of carbonyl (C=O) groups excluding carboxylic acids is 1. The summed E-state index contributed by atoms with van der Waals surface area (Å²) >= 11 is 0. The highest BCUT2D eigenvalue weighted by molar-refractivity contribution is 6.00. The Balaban J connectivity index is 1.55. The molecule has 0 fully saturated rings. The maximum Gasteiger partial charge on any atom is 0.258 e. The quantitative estimate of drug-likeness (QED) is 0.357. The standard InChI is InChI=1S/C29H27FN4O/c1-20(2)34(17-21-10-4-3-5-11-21)28(35)25-16-31-29(32-27(25)24-14-8-9-15-26(24)30)33-18-22-12-6-7-13-23(22)19-33/h3-16,20H,17-19H2,1-2H3. The summed E-state index contributed by atoms with van der Waals surface area (Å²) in [5.74, 6) is -0.163. The van der Waals surface area contributed by atoms with Crippen molar-refractivity contribution < 1.29 is 9.18 Å². The molecule has 0 bridgehead atoms. The van der Waals surface area contributed by atoms with E-state index in [0.29, 0.717) is 42.4 Å². The Morgan fingerprint density at radius 3 is 2.23 bits per heavy atom. The molecule has 1 aliphatic rings. The Hall–Kier alpha value is -4.06. The van der Waals surface area contributed by atoms with E-state index in [-0.39, 0.29) is 11.9 Å². The van der Waals surface area contributed by atoms with Crippen molar-refractivity contribution in [2.75, 3.05) is 4.90 Å². The largest absolute Gasteiger partial charge is 0.332 e. The highest BCUT2D eigenvalue weighted by Gasteiger charge is 2.27. The van der Waals surface area contributed by atoms with E-state index >= 15 is 0 Å². The maximum atomic E-state index is 15.0. The van der Waals surface area contributed by atoms with E-state index in [4.69, 9.17) is 4.98 Å². The van der Waals surface area contributed by atoms with Gasteiger partial charge in [-0.05, 0) is 42.7 Å². The van der Waals surface area contributed by atoms with Crippen molar-refractivity contribution in [1.82, 2.24) is 14.9 Å². The van der Waals surface area contributed by atoms with E-state index in [1.807, 2.05) is 61.2 Å². The van der Waals surface area contributed by atoms with E-state index in [2.05, 4.69) is 17.1 Å². The summed E-state index contributed by atoms with van der Waals surface area (Å²) in [4.78, 5) is 27.0. The average Bonchev–Trinajstić information content (AvgIpc) is 3.32. The number of carbonyl (C=O) groups is 1. The van der Waals surface area contributed by atoms with Crippen LogP contribution < -0.4 is 4.90 Å². The van der Waals surface area contributed by atoms with Gasteiger partial charge in [-0.2, -0.15) is 0 Å². The fourth-order valence-corrected chi connectivity index (χ4v) is 4.44. The Bertz CT molecular complexity index is 1330. The lowest BCUT2D eigenvalue weighted by atomic mass is 10.0. The van der Waals surface area contributed by atoms with Crippen molar-refractivity contribution in [3.8, 4) is 11.3 Å². The van der Waals surface area contributed by atoms with Crippen molar-refractivity contribution in [3.63, 3.8) is 0 Å². The van der Waals surface area contributed by atoms with Gasteiger partial charge in [0.2, 0.25) is 5.95 Å². The summed E-state index contributed by atoms with van der Waals surface area (Å²) in [5, 5.41) is 0. The predicted molar refractivity (Wildman–Crippen MR) is 135 cm³/mol. The second-order valence-corrected chi connectivity index (χ2v) is 9.05. The molecule has 2 heterocycles. The van der Waals surface area contributed by atoms with Gasteiger partial charge in [-0.3, -0.25) is 4.79 Å². The number of halogens is 1. The van der Waals surface area contributed by atoms with Crippen LogP contribution in [0, 0.1) is 5.82 Å². The molecule has 35 heavy (non-hydrogen) atoms. The van der Waals surface area contributed by atoms with Gasteiger partial charge in [-0.1, -0.05) is 66.7 Å². The van der Waals surface area contributed by atoms with Crippen LogP contribution >= 0.6 is 0 Å². The number of amides is 1. The molecule has 0 unspecified atom stereocenters. The monoisotopic (exact) mass is 466 g/mol. The molecule has 1 aliphatic heterocycles. The topological polar surface area (TPSA) is 49.3 Å². The second-order valence-electron chi connectivity index (χ2n) is 9.05. The first kappa shape index (κ1) is 22.7. The fraction of sp³-hybridized carbons (Fsp3) is 0.207. The van der Waals surface area contributed by atoms with Gasteiger partial charge >= 0.3 is 0 Å². The molecule has 0 atom stereocenters. The Kier molecular flexibility index (Phi) is 6.27.